The predicted octanol–water partition coefficient (Wildman–Crippen LogP) is 0.734. The van der Waals surface area contributed by atoms with Gasteiger partial charge in [0, 0.05) is 12.4 Å². The molecule has 0 spiro atoms. The fourth-order valence-electron chi connectivity index (χ4n) is 0.846. The summed E-state index contributed by atoms with van der Waals surface area (Å²) in [4.78, 5) is 15.4. The first-order valence-electron chi connectivity index (χ1n) is 3.42. The maximum absolute atomic E-state index is 4.03. The van der Waals surface area contributed by atoms with E-state index in [0.717, 1.165) is 11.4 Å². The van der Waals surface area contributed by atoms with Gasteiger partial charge in [0.15, 0.2) is 6.33 Å². The third-order valence-electron chi connectivity index (χ3n) is 1.38. The van der Waals surface area contributed by atoms with Crippen molar-refractivity contribution in [3.05, 3.63) is 37.2 Å². The molecule has 2 heterocycles. The zero-order chi connectivity index (χ0) is 8.23. The second-order valence-corrected chi connectivity index (χ2v) is 2.14. The number of rotatable bonds is 1. The summed E-state index contributed by atoms with van der Waals surface area (Å²) < 4.78 is 0. The van der Waals surface area contributed by atoms with Crippen LogP contribution in [-0.4, -0.2) is 19.9 Å². The normalized spacial score (nSPS) is 9.67. The fourth-order valence-corrected chi connectivity index (χ4v) is 0.846. The molecule has 0 saturated carbocycles. The summed E-state index contributed by atoms with van der Waals surface area (Å²) >= 11 is 0. The molecule has 0 amide bonds. The molecule has 4 heteroatoms. The molecular formula is C8H5N4. The summed E-state index contributed by atoms with van der Waals surface area (Å²) in [5.74, 6) is 0. The van der Waals surface area contributed by atoms with Crippen LogP contribution in [0.4, 0.5) is 0 Å². The molecule has 0 N–H and O–H groups in total. The van der Waals surface area contributed by atoms with Gasteiger partial charge in [0.05, 0.1) is 11.4 Å². The highest BCUT2D eigenvalue weighted by molar-refractivity contribution is 5.51. The Hall–Kier alpha value is -1.84. The maximum atomic E-state index is 4.03. The number of hydrogen-bond acceptors (Lipinski definition) is 4. The molecule has 57 valence electrons. The van der Waals surface area contributed by atoms with Gasteiger partial charge in [-0.3, -0.25) is 0 Å². The monoisotopic (exact) mass is 157 g/mol. The van der Waals surface area contributed by atoms with Crippen molar-refractivity contribution in [3.63, 3.8) is 0 Å². The van der Waals surface area contributed by atoms with Crippen molar-refractivity contribution in [2.75, 3.05) is 0 Å². The van der Waals surface area contributed by atoms with E-state index in [2.05, 4.69) is 26.3 Å². The van der Waals surface area contributed by atoms with Crippen molar-refractivity contribution in [3.8, 4) is 11.4 Å². The van der Waals surface area contributed by atoms with E-state index in [9.17, 15) is 0 Å². The summed E-state index contributed by atoms with van der Waals surface area (Å²) in [7, 11) is 0. The zero-order valence-corrected chi connectivity index (χ0v) is 6.18. The fraction of sp³-hybridized carbons (Fsp3) is 0. The van der Waals surface area contributed by atoms with E-state index in [4.69, 9.17) is 0 Å². The minimum absolute atomic E-state index is 0.757. The lowest BCUT2D eigenvalue weighted by molar-refractivity contribution is 1.11. The van der Waals surface area contributed by atoms with E-state index in [0.29, 0.717) is 0 Å². The highest BCUT2D eigenvalue weighted by Gasteiger charge is 1.96. The topological polar surface area (TPSA) is 51.6 Å². The summed E-state index contributed by atoms with van der Waals surface area (Å²) in [6, 6.07) is 3.56. The van der Waals surface area contributed by atoms with Gasteiger partial charge in [-0.2, -0.15) is 0 Å². The standard InChI is InChI=1S/C8H5N4/c1-3-9-5-11-7(1)8-2-4-10-6-12-8/h1-5H. The zero-order valence-electron chi connectivity index (χ0n) is 6.18. The van der Waals surface area contributed by atoms with Gasteiger partial charge in [0.25, 0.3) is 0 Å². The van der Waals surface area contributed by atoms with Gasteiger partial charge >= 0.3 is 0 Å². The second-order valence-electron chi connectivity index (χ2n) is 2.14. The van der Waals surface area contributed by atoms with Crippen LogP contribution < -0.4 is 0 Å². The Bertz CT molecular complexity index is 308. The minimum Gasteiger partial charge on any atom is -0.245 e. The molecule has 0 bridgehead atoms. The lowest BCUT2D eigenvalue weighted by Gasteiger charge is -1.94. The maximum Gasteiger partial charge on any atom is 0.198 e. The first-order valence-corrected chi connectivity index (χ1v) is 3.42. The molecule has 0 unspecified atom stereocenters. The van der Waals surface area contributed by atoms with Crippen molar-refractivity contribution in [1.82, 2.24) is 19.9 Å². The molecule has 0 fully saturated rings. The Balaban J connectivity index is 2.46. The molecule has 0 atom stereocenters. The smallest absolute Gasteiger partial charge is 0.198 e. The molecule has 1 radical (unpaired) electrons. The average Bonchev–Trinajstić information content (AvgIpc) is 2.21. The van der Waals surface area contributed by atoms with Gasteiger partial charge in [0.2, 0.25) is 0 Å². The van der Waals surface area contributed by atoms with Gasteiger partial charge in [0.1, 0.15) is 6.33 Å². The SMILES string of the molecule is [c]1nccc(-c2ccncn2)n1. The molecule has 0 aliphatic rings. The molecule has 0 saturated heterocycles. The van der Waals surface area contributed by atoms with Gasteiger partial charge in [-0.1, -0.05) is 0 Å². The third kappa shape index (κ3) is 1.27. The molecule has 0 aliphatic carbocycles. The minimum atomic E-state index is 0.757. The highest BCUT2D eigenvalue weighted by Crippen LogP contribution is 2.09. The summed E-state index contributed by atoms with van der Waals surface area (Å²) in [6.07, 6.45) is 7.28. The van der Waals surface area contributed by atoms with Gasteiger partial charge in [-0.05, 0) is 12.1 Å². The summed E-state index contributed by atoms with van der Waals surface area (Å²) in [5, 5.41) is 0. The Morgan fingerprint density at radius 1 is 1.08 bits per heavy atom. The van der Waals surface area contributed by atoms with Crippen LogP contribution in [0.1, 0.15) is 0 Å². The van der Waals surface area contributed by atoms with Crippen LogP contribution in [0.5, 0.6) is 0 Å². The molecule has 2 aromatic rings. The first kappa shape index (κ1) is 6.84. The van der Waals surface area contributed by atoms with Crippen LogP contribution in [0.25, 0.3) is 11.4 Å². The summed E-state index contributed by atoms with van der Waals surface area (Å²) in [5.41, 5.74) is 1.54. The Morgan fingerprint density at radius 3 is 2.67 bits per heavy atom. The second kappa shape index (κ2) is 3.04. The van der Waals surface area contributed by atoms with Crippen LogP contribution in [-0.2, 0) is 0 Å². The van der Waals surface area contributed by atoms with Crippen molar-refractivity contribution in [2.24, 2.45) is 0 Å². The van der Waals surface area contributed by atoms with Crippen LogP contribution >= 0.6 is 0 Å². The predicted molar refractivity (Wildman–Crippen MR) is 41.9 cm³/mol. The molecule has 0 aromatic carbocycles. The van der Waals surface area contributed by atoms with Crippen molar-refractivity contribution < 1.29 is 0 Å². The molecule has 12 heavy (non-hydrogen) atoms. The molecule has 2 rings (SSSR count). The van der Waals surface area contributed by atoms with Crippen molar-refractivity contribution in [2.45, 2.75) is 0 Å². The molecule has 0 aliphatic heterocycles. The lowest BCUT2D eigenvalue weighted by Crippen LogP contribution is -1.87. The molecule has 2 aromatic heterocycles. The largest absolute Gasteiger partial charge is 0.245 e. The Morgan fingerprint density at radius 2 is 2.00 bits per heavy atom. The van der Waals surface area contributed by atoms with Crippen molar-refractivity contribution in [1.29, 1.82) is 0 Å². The number of nitrogens with zero attached hydrogens (tertiary/aromatic N) is 4. The van der Waals surface area contributed by atoms with Gasteiger partial charge in [-0.25, -0.2) is 19.9 Å². The average molecular weight is 157 g/mol. The molecule has 4 nitrogen and oxygen atoms in total. The third-order valence-corrected chi connectivity index (χ3v) is 1.38. The van der Waals surface area contributed by atoms with Crippen LogP contribution in [0.3, 0.4) is 0 Å². The highest BCUT2D eigenvalue weighted by atomic mass is 14.9. The Kier molecular flexibility index (Phi) is 1.74. The van der Waals surface area contributed by atoms with E-state index in [1.807, 2.05) is 0 Å². The van der Waals surface area contributed by atoms with Gasteiger partial charge < -0.3 is 0 Å². The molecular weight excluding hydrogens is 152 g/mol. The van der Waals surface area contributed by atoms with E-state index in [1.54, 1.807) is 24.5 Å². The van der Waals surface area contributed by atoms with Crippen LogP contribution in [0.2, 0.25) is 0 Å². The van der Waals surface area contributed by atoms with E-state index < -0.39 is 0 Å². The Labute approximate surface area is 69.4 Å². The number of aromatic nitrogens is 4. The van der Waals surface area contributed by atoms with E-state index in [1.165, 1.54) is 6.33 Å². The van der Waals surface area contributed by atoms with E-state index >= 15 is 0 Å². The van der Waals surface area contributed by atoms with Crippen molar-refractivity contribution >= 4 is 0 Å². The lowest BCUT2D eigenvalue weighted by atomic mass is 10.3. The summed E-state index contributed by atoms with van der Waals surface area (Å²) in [6.45, 7) is 0. The van der Waals surface area contributed by atoms with Crippen LogP contribution in [0, 0.1) is 6.33 Å². The number of hydrogen-bond donors (Lipinski definition) is 0. The first-order chi connectivity index (χ1) is 5.97. The van der Waals surface area contributed by atoms with Gasteiger partial charge in [-0.15, -0.1) is 0 Å². The van der Waals surface area contributed by atoms with Crippen LogP contribution in [0.15, 0.2) is 30.9 Å². The van der Waals surface area contributed by atoms with E-state index in [-0.39, 0.29) is 0 Å². The quantitative estimate of drug-likeness (QED) is 0.612.